The van der Waals surface area contributed by atoms with E-state index in [9.17, 15) is 9.90 Å². The predicted octanol–water partition coefficient (Wildman–Crippen LogP) is 2.65. The van der Waals surface area contributed by atoms with Crippen LogP contribution in [0.3, 0.4) is 0 Å². The number of carbonyl (C=O) groups is 1. The van der Waals surface area contributed by atoms with Crippen LogP contribution in [0.1, 0.15) is 20.3 Å². The molecule has 0 heterocycles. The second-order valence-electron chi connectivity index (χ2n) is 5.59. The van der Waals surface area contributed by atoms with Gasteiger partial charge in [-0.05, 0) is 5.92 Å². The molecular formula is C14H24O2Si. The Morgan fingerprint density at radius 3 is 2.29 bits per heavy atom. The Bertz CT molecular complexity index is 317. The lowest BCUT2D eigenvalue weighted by Gasteiger charge is -2.11. The monoisotopic (exact) mass is 252 g/mol. The van der Waals surface area contributed by atoms with Crippen molar-refractivity contribution in [2.75, 3.05) is 0 Å². The first-order chi connectivity index (χ1) is 7.76. The second-order valence-corrected chi connectivity index (χ2v) is 10.3. The molecule has 0 aliphatic carbocycles. The molecule has 96 valence electrons. The predicted molar refractivity (Wildman–Crippen MR) is 75.3 cm³/mol. The molecule has 0 fully saturated rings. The molecule has 2 nitrogen and oxygen atoms in total. The van der Waals surface area contributed by atoms with Crippen molar-refractivity contribution >= 4 is 14.4 Å². The average Bonchev–Trinajstić information content (AvgIpc) is 2.22. The van der Waals surface area contributed by atoms with Crippen molar-refractivity contribution in [1.82, 2.24) is 0 Å². The fourth-order valence-corrected chi connectivity index (χ4v) is 1.70. The lowest BCUT2D eigenvalue weighted by atomic mass is 10.0. The second kappa shape index (κ2) is 7.47. The summed E-state index contributed by atoms with van der Waals surface area (Å²) in [5, 5.41) is 9.85. The van der Waals surface area contributed by atoms with Crippen LogP contribution in [0.25, 0.3) is 0 Å². The normalized spacial score (nSPS) is 17.1. The van der Waals surface area contributed by atoms with Gasteiger partial charge in [0, 0.05) is 12.3 Å². The fraction of sp³-hybridized carbons (Fsp3) is 0.643. The number of aliphatic hydroxyl groups is 1. The summed E-state index contributed by atoms with van der Waals surface area (Å²) in [7, 11) is -1.41. The molecule has 3 heteroatoms. The van der Waals surface area contributed by atoms with Gasteiger partial charge in [0.05, 0.1) is 0 Å². The standard InChI is InChI=1S/C14H24O2Si/c1-12(8-10-15)6-7-13(2)14(16)9-11-17(3,4)5/h6-7,10,12-14,16H,8H2,1-5H3/b7-6+/t12-,13-,14-/m0/s1. The number of aliphatic hydroxyl groups excluding tert-OH is 1. The molecule has 0 saturated carbocycles. The van der Waals surface area contributed by atoms with E-state index >= 15 is 0 Å². The van der Waals surface area contributed by atoms with Crippen LogP contribution in [-0.4, -0.2) is 25.6 Å². The van der Waals surface area contributed by atoms with Gasteiger partial charge in [0.15, 0.2) is 0 Å². The van der Waals surface area contributed by atoms with Gasteiger partial charge in [0.1, 0.15) is 20.5 Å². The van der Waals surface area contributed by atoms with Crippen LogP contribution in [0.2, 0.25) is 19.6 Å². The van der Waals surface area contributed by atoms with Crippen molar-refractivity contribution in [1.29, 1.82) is 0 Å². The van der Waals surface area contributed by atoms with Crippen molar-refractivity contribution in [3.05, 3.63) is 12.2 Å². The molecular weight excluding hydrogens is 228 g/mol. The first-order valence-corrected chi connectivity index (χ1v) is 9.59. The van der Waals surface area contributed by atoms with E-state index in [0.717, 1.165) is 6.29 Å². The maximum atomic E-state index is 10.3. The van der Waals surface area contributed by atoms with Gasteiger partial charge in [0.2, 0.25) is 0 Å². The van der Waals surface area contributed by atoms with Crippen LogP contribution in [-0.2, 0) is 4.79 Å². The van der Waals surface area contributed by atoms with Crippen LogP contribution in [0.4, 0.5) is 0 Å². The smallest absolute Gasteiger partial charge is 0.129 e. The van der Waals surface area contributed by atoms with Gasteiger partial charge in [-0.3, -0.25) is 0 Å². The van der Waals surface area contributed by atoms with Crippen LogP contribution < -0.4 is 0 Å². The summed E-state index contributed by atoms with van der Waals surface area (Å²) < 4.78 is 0. The summed E-state index contributed by atoms with van der Waals surface area (Å²) in [6.07, 6.45) is 4.75. The minimum absolute atomic E-state index is 0.00736. The molecule has 0 aliphatic heterocycles. The molecule has 0 aromatic carbocycles. The molecule has 0 amide bonds. The SMILES string of the molecule is C[C@@H](/C=C/[C@H](C)[C@@H](O)C#C[Si](C)(C)C)CC=O. The zero-order chi connectivity index (χ0) is 13.5. The molecule has 0 aliphatic rings. The van der Waals surface area contributed by atoms with Crippen LogP contribution in [0.5, 0.6) is 0 Å². The average molecular weight is 252 g/mol. The van der Waals surface area contributed by atoms with Gasteiger partial charge >= 0.3 is 0 Å². The topological polar surface area (TPSA) is 37.3 Å². The Morgan fingerprint density at radius 1 is 1.24 bits per heavy atom. The van der Waals surface area contributed by atoms with E-state index in [1.54, 1.807) is 0 Å². The van der Waals surface area contributed by atoms with E-state index in [-0.39, 0.29) is 11.8 Å². The molecule has 0 rings (SSSR count). The molecule has 0 unspecified atom stereocenters. The van der Waals surface area contributed by atoms with E-state index in [0.29, 0.717) is 6.42 Å². The van der Waals surface area contributed by atoms with Gasteiger partial charge in [-0.1, -0.05) is 51.6 Å². The molecule has 0 aromatic heterocycles. The van der Waals surface area contributed by atoms with E-state index < -0.39 is 14.2 Å². The maximum Gasteiger partial charge on any atom is 0.129 e. The summed E-state index contributed by atoms with van der Waals surface area (Å²) in [4.78, 5) is 10.3. The first-order valence-electron chi connectivity index (χ1n) is 6.09. The quantitative estimate of drug-likeness (QED) is 0.353. The summed E-state index contributed by atoms with van der Waals surface area (Å²) in [5.74, 6) is 3.16. The molecule has 0 radical (unpaired) electrons. The van der Waals surface area contributed by atoms with Gasteiger partial charge < -0.3 is 9.90 Å². The van der Waals surface area contributed by atoms with Crippen LogP contribution >= 0.6 is 0 Å². The third-order valence-electron chi connectivity index (χ3n) is 2.30. The van der Waals surface area contributed by atoms with Crippen molar-refractivity contribution in [2.45, 2.75) is 46.0 Å². The Balaban J connectivity index is 4.35. The number of rotatable bonds is 5. The van der Waals surface area contributed by atoms with Crippen molar-refractivity contribution < 1.29 is 9.90 Å². The first kappa shape index (κ1) is 16.1. The fourth-order valence-electron chi connectivity index (χ4n) is 1.12. The van der Waals surface area contributed by atoms with Gasteiger partial charge in [0.25, 0.3) is 0 Å². The maximum absolute atomic E-state index is 10.3. The highest BCUT2D eigenvalue weighted by Gasteiger charge is 2.11. The van der Waals surface area contributed by atoms with Crippen LogP contribution in [0.15, 0.2) is 12.2 Å². The van der Waals surface area contributed by atoms with Gasteiger partial charge in [-0.2, -0.15) is 0 Å². The van der Waals surface area contributed by atoms with E-state index in [4.69, 9.17) is 0 Å². The number of aldehydes is 1. The van der Waals surface area contributed by atoms with Crippen LogP contribution in [0, 0.1) is 23.3 Å². The molecule has 0 saturated heterocycles. The molecule has 1 N–H and O–H groups in total. The van der Waals surface area contributed by atoms with Crippen molar-refractivity contribution in [2.24, 2.45) is 11.8 Å². The number of allylic oxidation sites excluding steroid dienone is 1. The minimum atomic E-state index is -1.41. The van der Waals surface area contributed by atoms with E-state index in [1.165, 1.54) is 0 Å². The third-order valence-corrected chi connectivity index (χ3v) is 3.20. The highest BCUT2D eigenvalue weighted by Crippen LogP contribution is 2.09. The minimum Gasteiger partial charge on any atom is -0.380 e. The highest BCUT2D eigenvalue weighted by molar-refractivity contribution is 6.83. The van der Waals surface area contributed by atoms with E-state index in [2.05, 4.69) is 31.1 Å². The molecule has 0 spiro atoms. The zero-order valence-corrected chi connectivity index (χ0v) is 12.5. The number of carbonyl (C=O) groups excluding carboxylic acids is 1. The largest absolute Gasteiger partial charge is 0.380 e. The third kappa shape index (κ3) is 8.90. The van der Waals surface area contributed by atoms with Crippen molar-refractivity contribution in [3.63, 3.8) is 0 Å². The number of hydrogen-bond acceptors (Lipinski definition) is 2. The molecule has 17 heavy (non-hydrogen) atoms. The highest BCUT2D eigenvalue weighted by atomic mass is 28.3. The summed E-state index contributed by atoms with van der Waals surface area (Å²) >= 11 is 0. The molecule has 3 atom stereocenters. The Labute approximate surface area is 106 Å². The summed E-state index contributed by atoms with van der Waals surface area (Å²) in [5.41, 5.74) is 3.16. The summed E-state index contributed by atoms with van der Waals surface area (Å²) in [6.45, 7) is 10.4. The zero-order valence-electron chi connectivity index (χ0n) is 11.5. The Morgan fingerprint density at radius 2 is 1.82 bits per heavy atom. The van der Waals surface area contributed by atoms with Gasteiger partial charge in [-0.15, -0.1) is 5.54 Å². The van der Waals surface area contributed by atoms with Crippen molar-refractivity contribution in [3.8, 4) is 11.5 Å². The molecule has 0 bridgehead atoms. The summed E-state index contributed by atoms with van der Waals surface area (Å²) in [6, 6.07) is 0. The molecule has 0 aromatic rings. The number of hydrogen-bond donors (Lipinski definition) is 1. The lowest BCUT2D eigenvalue weighted by molar-refractivity contribution is -0.108. The Hall–Kier alpha value is -0.853. The Kier molecular flexibility index (Phi) is 7.09. The lowest BCUT2D eigenvalue weighted by Crippen LogP contribution is -2.20. The van der Waals surface area contributed by atoms with Gasteiger partial charge in [-0.25, -0.2) is 0 Å². The van der Waals surface area contributed by atoms with E-state index in [1.807, 2.05) is 26.0 Å².